The zero-order valence-corrected chi connectivity index (χ0v) is 19.6. The Hall–Kier alpha value is -3.81. The van der Waals surface area contributed by atoms with Crippen LogP contribution in [0.3, 0.4) is 0 Å². The van der Waals surface area contributed by atoms with E-state index in [0.717, 1.165) is 16.7 Å². The van der Waals surface area contributed by atoms with Crippen molar-refractivity contribution in [2.45, 2.75) is 34.1 Å². The number of nitrogens with zero attached hydrogens (tertiary/aromatic N) is 1. The van der Waals surface area contributed by atoms with Gasteiger partial charge in [-0.3, -0.25) is 19.3 Å². The molecule has 0 bridgehead atoms. The number of fused-ring (bicyclic) bond motifs is 1. The van der Waals surface area contributed by atoms with Crippen molar-refractivity contribution in [3.63, 3.8) is 0 Å². The number of ether oxygens (including phenoxy) is 2. The largest absolute Gasteiger partial charge is 0.495 e. The Morgan fingerprint density at radius 3 is 2.52 bits per heavy atom. The molecule has 0 unspecified atom stereocenters. The maximum atomic E-state index is 13.1. The lowest BCUT2D eigenvalue weighted by Crippen LogP contribution is -2.37. The van der Waals surface area contributed by atoms with Crippen molar-refractivity contribution < 1.29 is 23.9 Å². The van der Waals surface area contributed by atoms with Gasteiger partial charge in [-0.1, -0.05) is 6.07 Å². The fraction of sp³-hybridized carbons (Fsp3) is 0.320. The number of anilines is 3. The van der Waals surface area contributed by atoms with E-state index in [1.165, 1.54) is 18.1 Å². The van der Waals surface area contributed by atoms with Crippen LogP contribution >= 0.6 is 0 Å². The third kappa shape index (κ3) is 5.71. The zero-order chi connectivity index (χ0) is 24.1. The van der Waals surface area contributed by atoms with Gasteiger partial charge in [-0.05, 0) is 68.7 Å². The molecular weight excluding hydrogens is 422 g/mol. The highest BCUT2D eigenvalue weighted by Crippen LogP contribution is 2.34. The number of methoxy groups -OCH3 is 1. The van der Waals surface area contributed by atoms with Gasteiger partial charge in [0.1, 0.15) is 12.3 Å². The maximum absolute atomic E-state index is 13.1. The van der Waals surface area contributed by atoms with Gasteiger partial charge in [-0.25, -0.2) is 0 Å². The molecule has 8 heteroatoms. The van der Waals surface area contributed by atoms with E-state index in [9.17, 15) is 14.4 Å². The minimum absolute atomic E-state index is 0.0769. The van der Waals surface area contributed by atoms with Gasteiger partial charge < -0.3 is 20.1 Å². The fourth-order valence-electron chi connectivity index (χ4n) is 3.56. The van der Waals surface area contributed by atoms with Gasteiger partial charge in [-0.2, -0.15) is 0 Å². The van der Waals surface area contributed by atoms with Crippen LogP contribution in [0.15, 0.2) is 42.1 Å². The Balaban J connectivity index is 1.92. The summed E-state index contributed by atoms with van der Waals surface area (Å²) in [6.45, 7) is 7.58. The average molecular weight is 452 g/mol. The van der Waals surface area contributed by atoms with Crippen molar-refractivity contribution in [2.24, 2.45) is 0 Å². The Morgan fingerprint density at radius 1 is 1.09 bits per heavy atom. The molecule has 1 aliphatic rings. The summed E-state index contributed by atoms with van der Waals surface area (Å²) in [7, 11) is 1.53. The number of hydrogen-bond acceptors (Lipinski definition) is 6. The molecule has 0 radical (unpaired) electrons. The zero-order valence-electron chi connectivity index (χ0n) is 19.6. The van der Waals surface area contributed by atoms with Gasteiger partial charge in [0.15, 0.2) is 0 Å². The van der Waals surface area contributed by atoms with Crippen molar-refractivity contribution in [1.29, 1.82) is 0 Å². The molecule has 0 aliphatic carbocycles. The van der Waals surface area contributed by atoms with E-state index in [-0.39, 0.29) is 25.5 Å². The molecule has 0 atom stereocenters. The van der Waals surface area contributed by atoms with Crippen LogP contribution in [-0.2, 0) is 19.1 Å². The quantitative estimate of drug-likeness (QED) is 0.621. The standard InChI is InChI=1S/C25H29N3O5/c1-6-33-25(31)13-18-12-24(30)28(21-11-17(4)16(3)10-19(21)26-18)14-23(29)27-20-9-15(2)7-8-22(20)32-5/h7-12,26H,6,13-14H2,1-5H3,(H,27,29). The van der Waals surface area contributed by atoms with E-state index in [4.69, 9.17) is 9.47 Å². The smallest absolute Gasteiger partial charge is 0.311 e. The number of amides is 2. The van der Waals surface area contributed by atoms with Crippen LogP contribution in [0.5, 0.6) is 5.75 Å². The molecule has 0 saturated carbocycles. The number of nitrogens with one attached hydrogen (secondary N) is 2. The van der Waals surface area contributed by atoms with Gasteiger partial charge in [0, 0.05) is 11.8 Å². The molecule has 2 aromatic rings. The molecule has 8 nitrogen and oxygen atoms in total. The molecule has 33 heavy (non-hydrogen) atoms. The lowest BCUT2D eigenvalue weighted by molar-refractivity contribution is -0.142. The van der Waals surface area contributed by atoms with E-state index in [0.29, 0.717) is 28.5 Å². The van der Waals surface area contributed by atoms with Crippen LogP contribution in [0.25, 0.3) is 0 Å². The van der Waals surface area contributed by atoms with E-state index in [2.05, 4.69) is 10.6 Å². The number of esters is 1. The van der Waals surface area contributed by atoms with Crippen LogP contribution < -0.4 is 20.3 Å². The Kier molecular flexibility index (Phi) is 7.37. The van der Waals surface area contributed by atoms with Gasteiger partial charge in [0.25, 0.3) is 5.91 Å². The van der Waals surface area contributed by atoms with Gasteiger partial charge in [0.2, 0.25) is 5.91 Å². The SMILES string of the molecule is CCOC(=O)CC1=CC(=O)N(CC(=O)Nc2cc(C)ccc2OC)c2cc(C)c(C)cc2N1. The number of carbonyl (C=O) groups excluding carboxylic acids is 3. The van der Waals surface area contributed by atoms with Crippen molar-refractivity contribution in [3.8, 4) is 5.75 Å². The molecule has 1 aliphatic heterocycles. The molecule has 0 fully saturated rings. The highest BCUT2D eigenvalue weighted by Gasteiger charge is 2.26. The highest BCUT2D eigenvalue weighted by atomic mass is 16.5. The second kappa shape index (κ2) is 10.2. The van der Waals surface area contributed by atoms with Crippen molar-refractivity contribution in [1.82, 2.24) is 0 Å². The summed E-state index contributed by atoms with van der Waals surface area (Å²) in [6, 6.07) is 9.23. The molecule has 0 aromatic heterocycles. The summed E-state index contributed by atoms with van der Waals surface area (Å²) in [5.74, 6) is -0.692. The van der Waals surface area contributed by atoms with Crippen molar-refractivity contribution in [3.05, 3.63) is 58.8 Å². The van der Waals surface area contributed by atoms with Gasteiger partial charge >= 0.3 is 5.97 Å². The third-order valence-electron chi connectivity index (χ3n) is 5.33. The molecule has 1 heterocycles. The Bertz CT molecular complexity index is 1120. The minimum Gasteiger partial charge on any atom is -0.495 e. The molecule has 2 amide bonds. The summed E-state index contributed by atoms with van der Waals surface area (Å²) in [5.41, 5.74) is 5.09. The third-order valence-corrected chi connectivity index (χ3v) is 5.33. The van der Waals surface area contributed by atoms with Crippen LogP contribution in [0.1, 0.15) is 30.0 Å². The maximum Gasteiger partial charge on any atom is 0.311 e. The number of carbonyl (C=O) groups is 3. The predicted octanol–water partition coefficient (Wildman–Crippen LogP) is 3.85. The van der Waals surface area contributed by atoms with Gasteiger partial charge in [0.05, 0.1) is 37.2 Å². The first-order chi connectivity index (χ1) is 15.7. The number of rotatable bonds is 7. The van der Waals surface area contributed by atoms with Crippen LogP contribution in [0.4, 0.5) is 17.1 Å². The lowest BCUT2D eigenvalue weighted by Gasteiger charge is -2.23. The Morgan fingerprint density at radius 2 is 1.82 bits per heavy atom. The molecule has 3 rings (SSSR count). The fourth-order valence-corrected chi connectivity index (χ4v) is 3.56. The molecule has 0 spiro atoms. The summed E-state index contributed by atoms with van der Waals surface area (Å²) >= 11 is 0. The molecular formula is C25H29N3O5. The summed E-state index contributed by atoms with van der Waals surface area (Å²) < 4.78 is 10.3. The van der Waals surface area contributed by atoms with Crippen LogP contribution in [0, 0.1) is 20.8 Å². The number of hydrogen-bond donors (Lipinski definition) is 2. The average Bonchev–Trinajstić information content (AvgIpc) is 2.85. The molecule has 0 saturated heterocycles. The Labute approximate surface area is 193 Å². The van der Waals surface area contributed by atoms with Crippen molar-refractivity contribution >= 4 is 34.8 Å². The first-order valence-electron chi connectivity index (χ1n) is 10.7. The van der Waals surface area contributed by atoms with Gasteiger partial charge in [-0.15, -0.1) is 0 Å². The van der Waals surface area contributed by atoms with Crippen LogP contribution in [-0.4, -0.2) is 38.0 Å². The molecule has 174 valence electrons. The number of aryl methyl sites for hydroxylation is 3. The molecule has 2 aromatic carbocycles. The number of benzene rings is 2. The summed E-state index contributed by atoms with van der Waals surface area (Å²) in [4.78, 5) is 39.5. The van der Waals surface area contributed by atoms with Crippen molar-refractivity contribution in [2.75, 3.05) is 35.8 Å². The summed E-state index contributed by atoms with van der Waals surface area (Å²) in [5, 5.41) is 6.01. The summed E-state index contributed by atoms with van der Waals surface area (Å²) in [6.07, 6.45) is 1.26. The highest BCUT2D eigenvalue weighted by molar-refractivity contribution is 6.10. The van der Waals surface area contributed by atoms with E-state index in [1.54, 1.807) is 19.1 Å². The predicted molar refractivity (Wildman–Crippen MR) is 128 cm³/mol. The minimum atomic E-state index is -0.438. The molecule has 2 N–H and O–H groups in total. The topological polar surface area (TPSA) is 97.0 Å². The van der Waals surface area contributed by atoms with Crippen LogP contribution in [0.2, 0.25) is 0 Å². The normalized spacial score (nSPS) is 12.8. The monoisotopic (exact) mass is 451 g/mol. The van der Waals surface area contributed by atoms with E-state index < -0.39 is 11.9 Å². The second-order valence-electron chi connectivity index (χ2n) is 7.91. The van der Waals surface area contributed by atoms with E-state index >= 15 is 0 Å². The first-order valence-corrected chi connectivity index (χ1v) is 10.7. The van der Waals surface area contributed by atoms with E-state index in [1.807, 2.05) is 39.0 Å². The lowest BCUT2D eigenvalue weighted by atomic mass is 10.1. The second-order valence-corrected chi connectivity index (χ2v) is 7.91. The first kappa shape index (κ1) is 23.8.